The molecule has 6 nitrogen and oxygen atoms in total. The van der Waals surface area contributed by atoms with Crippen LogP contribution in [0.3, 0.4) is 0 Å². The van der Waals surface area contributed by atoms with Crippen LogP contribution in [0.4, 0.5) is 0 Å². The van der Waals surface area contributed by atoms with Gasteiger partial charge in [0.25, 0.3) is 0 Å². The van der Waals surface area contributed by atoms with Crippen molar-refractivity contribution in [3.05, 3.63) is 52.6 Å². The molecule has 1 fully saturated rings. The number of rotatable bonds is 8. The third-order valence-electron chi connectivity index (χ3n) is 5.59. The van der Waals surface area contributed by atoms with E-state index in [0.717, 1.165) is 23.8 Å². The van der Waals surface area contributed by atoms with Crippen molar-refractivity contribution in [1.82, 2.24) is 9.55 Å². The zero-order valence-corrected chi connectivity index (χ0v) is 16.8. The van der Waals surface area contributed by atoms with Crippen molar-refractivity contribution in [3.63, 3.8) is 0 Å². The Kier molecular flexibility index (Phi) is 6.11. The first-order valence-electron chi connectivity index (χ1n) is 10.6. The summed E-state index contributed by atoms with van der Waals surface area (Å²) >= 11 is 0. The van der Waals surface area contributed by atoms with Crippen LogP contribution in [0.5, 0.6) is 0 Å². The highest BCUT2D eigenvalue weighted by Gasteiger charge is 2.27. The number of hydrogen-bond acceptors (Lipinski definition) is 5. The zero-order chi connectivity index (χ0) is 20.2. The van der Waals surface area contributed by atoms with Crippen LogP contribution in [0, 0.1) is 0 Å². The number of fused-ring (bicyclic) bond motifs is 1. The van der Waals surface area contributed by atoms with Crippen LogP contribution in [0.1, 0.15) is 57.2 Å². The second kappa shape index (κ2) is 8.93. The van der Waals surface area contributed by atoms with Crippen molar-refractivity contribution in [2.24, 2.45) is 0 Å². The number of ether oxygens (including phenoxy) is 1. The van der Waals surface area contributed by atoms with E-state index in [-0.39, 0.29) is 18.9 Å². The molecule has 6 heteroatoms. The Bertz CT molecular complexity index is 1010. The number of nitrogens with zero attached hydrogens (tertiary/aromatic N) is 2. The summed E-state index contributed by atoms with van der Waals surface area (Å²) in [6.45, 7) is 2.19. The number of aliphatic hydroxyl groups is 1. The lowest BCUT2D eigenvalue weighted by molar-refractivity contribution is -0.0243. The van der Waals surface area contributed by atoms with Gasteiger partial charge in [-0.1, -0.05) is 50.5 Å². The van der Waals surface area contributed by atoms with Crippen molar-refractivity contribution in [2.75, 3.05) is 6.61 Å². The van der Waals surface area contributed by atoms with Crippen LogP contribution in [-0.2, 0) is 11.2 Å². The van der Waals surface area contributed by atoms with E-state index in [1.165, 1.54) is 35.8 Å². The maximum Gasteiger partial charge on any atom is 0.353 e. The Balaban J connectivity index is 1.52. The lowest BCUT2D eigenvalue weighted by atomic mass is 10.0. The Hall–Kier alpha value is -2.44. The van der Waals surface area contributed by atoms with Gasteiger partial charge < -0.3 is 14.3 Å². The first-order valence-corrected chi connectivity index (χ1v) is 10.6. The van der Waals surface area contributed by atoms with Gasteiger partial charge in [0.05, 0.1) is 18.1 Å². The van der Waals surface area contributed by atoms with E-state index >= 15 is 0 Å². The fraction of sp³-hybridized carbons (Fsp3) is 0.478. The molecular formula is C23H28N2O4. The van der Waals surface area contributed by atoms with Gasteiger partial charge in [-0.15, -0.1) is 0 Å². The molecule has 4 rings (SSSR count). The standard InChI is InChI=1S/C23H28N2O4/c1-2-3-4-5-6-16-7-9-17(10-8-16)20-13-18-14-25(23(27)24-22(18)29-20)21-12-11-19(15-26)28-21/h7-10,13-14,19,21,26H,2-6,11-12,15H2,1H3/t19-,21?/m0/s1. The normalized spacial score (nSPS) is 19.2. The molecule has 3 aromatic rings. The second-order valence-electron chi connectivity index (χ2n) is 7.78. The number of aliphatic hydroxyl groups excluding tert-OH is 1. The molecule has 0 saturated carbocycles. The Morgan fingerprint density at radius 2 is 2.00 bits per heavy atom. The fourth-order valence-corrected chi connectivity index (χ4v) is 3.89. The topological polar surface area (TPSA) is 77.5 Å². The van der Waals surface area contributed by atoms with Gasteiger partial charge in [0, 0.05) is 11.8 Å². The van der Waals surface area contributed by atoms with E-state index in [4.69, 9.17) is 9.15 Å². The monoisotopic (exact) mass is 396 g/mol. The van der Waals surface area contributed by atoms with Gasteiger partial charge in [-0.05, 0) is 37.3 Å². The molecule has 1 aliphatic rings. The van der Waals surface area contributed by atoms with E-state index in [1.807, 2.05) is 6.07 Å². The summed E-state index contributed by atoms with van der Waals surface area (Å²) in [6.07, 6.45) is 8.67. The van der Waals surface area contributed by atoms with Crippen molar-refractivity contribution < 1.29 is 14.3 Å². The molecule has 3 heterocycles. The van der Waals surface area contributed by atoms with Gasteiger partial charge in [-0.3, -0.25) is 4.57 Å². The SMILES string of the molecule is CCCCCCc1ccc(-c2cc3cn(C4CC[C@@H](CO)O4)c(=O)nc3o2)cc1. The summed E-state index contributed by atoms with van der Waals surface area (Å²) in [7, 11) is 0. The van der Waals surface area contributed by atoms with E-state index in [1.54, 1.807) is 6.20 Å². The molecule has 1 saturated heterocycles. The molecule has 154 valence electrons. The number of benzene rings is 1. The van der Waals surface area contributed by atoms with Crippen LogP contribution >= 0.6 is 0 Å². The fourth-order valence-electron chi connectivity index (χ4n) is 3.89. The first-order chi connectivity index (χ1) is 14.2. The zero-order valence-electron chi connectivity index (χ0n) is 16.8. The molecule has 1 aromatic carbocycles. The molecule has 0 amide bonds. The number of aryl methyl sites for hydroxylation is 1. The molecule has 0 aliphatic carbocycles. The van der Waals surface area contributed by atoms with Gasteiger partial charge in [-0.25, -0.2) is 4.79 Å². The van der Waals surface area contributed by atoms with Crippen molar-refractivity contribution in [3.8, 4) is 11.3 Å². The average molecular weight is 396 g/mol. The summed E-state index contributed by atoms with van der Waals surface area (Å²) in [5, 5.41) is 10.0. The quantitative estimate of drug-likeness (QED) is 0.569. The molecule has 1 N–H and O–H groups in total. The van der Waals surface area contributed by atoms with Gasteiger partial charge >= 0.3 is 5.69 Å². The van der Waals surface area contributed by atoms with Crippen molar-refractivity contribution >= 4 is 11.1 Å². The predicted octanol–water partition coefficient (Wildman–Crippen LogP) is 4.45. The highest BCUT2D eigenvalue weighted by molar-refractivity contribution is 5.79. The first kappa shape index (κ1) is 19.9. The molecule has 0 radical (unpaired) electrons. The Morgan fingerprint density at radius 1 is 1.17 bits per heavy atom. The number of unbranched alkanes of at least 4 members (excludes halogenated alkanes) is 3. The van der Waals surface area contributed by atoms with Gasteiger partial charge in [-0.2, -0.15) is 4.98 Å². The molecule has 2 aromatic heterocycles. The lowest BCUT2D eigenvalue weighted by Crippen LogP contribution is -2.27. The Morgan fingerprint density at radius 3 is 2.72 bits per heavy atom. The summed E-state index contributed by atoms with van der Waals surface area (Å²) in [6, 6.07) is 10.3. The third kappa shape index (κ3) is 4.43. The van der Waals surface area contributed by atoms with E-state index < -0.39 is 5.69 Å². The van der Waals surface area contributed by atoms with Crippen LogP contribution in [0.2, 0.25) is 0 Å². The molecule has 1 unspecified atom stereocenters. The molecule has 0 bridgehead atoms. The average Bonchev–Trinajstić information content (AvgIpc) is 3.37. The van der Waals surface area contributed by atoms with Gasteiger partial charge in [0.15, 0.2) is 0 Å². The molecule has 1 aliphatic heterocycles. The lowest BCUT2D eigenvalue weighted by Gasteiger charge is -2.14. The highest BCUT2D eigenvalue weighted by Crippen LogP contribution is 2.30. The number of furan rings is 1. The minimum Gasteiger partial charge on any atom is -0.437 e. The van der Waals surface area contributed by atoms with Crippen LogP contribution in [0.25, 0.3) is 22.4 Å². The summed E-state index contributed by atoms with van der Waals surface area (Å²) in [5.74, 6) is 0.697. The van der Waals surface area contributed by atoms with E-state index in [0.29, 0.717) is 17.9 Å². The third-order valence-corrected chi connectivity index (χ3v) is 5.59. The smallest absolute Gasteiger partial charge is 0.353 e. The molecule has 29 heavy (non-hydrogen) atoms. The summed E-state index contributed by atoms with van der Waals surface area (Å²) in [5.41, 5.74) is 2.23. The minimum atomic E-state index is -0.399. The summed E-state index contributed by atoms with van der Waals surface area (Å²) in [4.78, 5) is 16.5. The van der Waals surface area contributed by atoms with Crippen LogP contribution < -0.4 is 5.69 Å². The predicted molar refractivity (Wildman–Crippen MR) is 112 cm³/mol. The van der Waals surface area contributed by atoms with Crippen molar-refractivity contribution in [1.29, 1.82) is 0 Å². The number of aromatic nitrogens is 2. The Labute approximate surface area is 170 Å². The van der Waals surface area contributed by atoms with E-state index in [9.17, 15) is 9.90 Å². The van der Waals surface area contributed by atoms with Gasteiger partial charge in [0.1, 0.15) is 12.0 Å². The van der Waals surface area contributed by atoms with Crippen LogP contribution in [-0.4, -0.2) is 27.4 Å². The second-order valence-corrected chi connectivity index (χ2v) is 7.78. The largest absolute Gasteiger partial charge is 0.437 e. The van der Waals surface area contributed by atoms with Gasteiger partial charge in [0.2, 0.25) is 5.71 Å². The molecule has 2 atom stereocenters. The number of hydrogen-bond donors (Lipinski definition) is 1. The summed E-state index contributed by atoms with van der Waals surface area (Å²) < 4.78 is 13.1. The maximum atomic E-state index is 12.4. The minimum absolute atomic E-state index is 0.0363. The molecule has 0 spiro atoms. The van der Waals surface area contributed by atoms with Crippen LogP contribution in [0.15, 0.2) is 45.7 Å². The molecular weight excluding hydrogens is 368 g/mol. The highest BCUT2D eigenvalue weighted by atomic mass is 16.5. The van der Waals surface area contributed by atoms with Crippen molar-refractivity contribution in [2.45, 2.75) is 64.2 Å². The van der Waals surface area contributed by atoms with E-state index in [2.05, 4.69) is 36.2 Å². The maximum absolute atomic E-state index is 12.4.